The SMILES string of the molecule is O=C(COC(=O)c1cc[n+]([O-])cc1)N[C@H](Cc1ccccc1)c1ccccc1. The van der Waals surface area contributed by atoms with E-state index in [1.54, 1.807) is 0 Å². The van der Waals surface area contributed by atoms with Gasteiger partial charge >= 0.3 is 5.97 Å². The Morgan fingerprint density at radius 1 is 0.929 bits per heavy atom. The molecule has 0 saturated heterocycles. The summed E-state index contributed by atoms with van der Waals surface area (Å²) >= 11 is 0. The smallest absolute Gasteiger partial charge is 0.339 e. The van der Waals surface area contributed by atoms with Crippen molar-refractivity contribution in [2.75, 3.05) is 6.61 Å². The highest BCUT2D eigenvalue weighted by Crippen LogP contribution is 2.18. The van der Waals surface area contributed by atoms with Crippen LogP contribution in [-0.4, -0.2) is 18.5 Å². The van der Waals surface area contributed by atoms with Crippen LogP contribution in [0.1, 0.15) is 27.5 Å². The van der Waals surface area contributed by atoms with Crippen molar-refractivity contribution in [2.45, 2.75) is 12.5 Å². The van der Waals surface area contributed by atoms with Crippen molar-refractivity contribution in [1.29, 1.82) is 0 Å². The number of hydrogen-bond donors (Lipinski definition) is 1. The first-order valence-corrected chi connectivity index (χ1v) is 8.86. The van der Waals surface area contributed by atoms with Crippen molar-refractivity contribution in [2.24, 2.45) is 0 Å². The van der Waals surface area contributed by atoms with Crippen LogP contribution in [0.4, 0.5) is 0 Å². The zero-order valence-corrected chi connectivity index (χ0v) is 15.2. The fourth-order valence-corrected chi connectivity index (χ4v) is 2.79. The van der Waals surface area contributed by atoms with E-state index in [1.807, 2.05) is 60.7 Å². The number of carbonyl (C=O) groups excluding carboxylic acids is 2. The van der Waals surface area contributed by atoms with Crippen LogP contribution in [0.15, 0.2) is 85.2 Å². The molecule has 1 N–H and O–H groups in total. The molecule has 142 valence electrons. The van der Waals surface area contributed by atoms with E-state index < -0.39 is 18.5 Å². The molecule has 3 rings (SSSR count). The molecule has 1 atom stereocenters. The van der Waals surface area contributed by atoms with Gasteiger partial charge in [-0.3, -0.25) is 4.79 Å². The minimum atomic E-state index is -0.657. The fourth-order valence-electron chi connectivity index (χ4n) is 2.79. The van der Waals surface area contributed by atoms with Crippen molar-refractivity contribution in [1.82, 2.24) is 5.32 Å². The third-order valence-corrected chi connectivity index (χ3v) is 4.19. The number of rotatable bonds is 7. The van der Waals surface area contributed by atoms with Crippen molar-refractivity contribution in [3.63, 3.8) is 0 Å². The van der Waals surface area contributed by atoms with Crippen LogP contribution in [0.5, 0.6) is 0 Å². The number of amides is 1. The molecule has 0 fully saturated rings. The number of ether oxygens (including phenoxy) is 1. The van der Waals surface area contributed by atoms with E-state index in [0.717, 1.165) is 11.1 Å². The van der Waals surface area contributed by atoms with Crippen molar-refractivity contribution in [3.05, 3.63) is 107 Å². The summed E-state index contributed by atoms with van der Waals surface area (Å²) in [6.07, 6.45) is 3.01. The number of carbonyl (C=O) groups is 2. The molecule has 6 nitrogen and oxygen atoms in total. The zero-order chi connectivity index (χ0) is 19.8. The molecule has 0 spiro atoms. The lowest BCUT2D eigenvalue weighted by atomic mass is 9.99. The first-order valence-electron chi connectivity index (χ1n) is 8.86. The van der Waals surface area contributed by atoms with Gasteiger partial charge in [0.05, 0.1) is 11.6 Å². The third kappa shape index (κ3) is 5.41. The Bertz CT molecular complexity index is 912. The fraction of sp³-hybridized carbons (Fsp3) is 0.136. The average Bonchev–Trinajstić information content (AvgIpc) is 2.73. The lowest BCUT2D eigenvalue weighted by molar-refractivity contribution is -0.605. The Morgan fingerprint density at radius 3 is 2.18 bits per heavy atom. The van der Waals surface area contributed by atoms with Gasteiger partial charge in [0.15, 0.2) is 19.0 Å². The lowest BCUT2D eigenvalue weighted by Crippen LogP contribution is -2.33. The standard InChI is InChI=1S/C22H20N2O4/c25-21(16-28-22(26)19-11-13-24(27)14-12-19)23-20(18-9-5-2-6-10-18)15-17-7-3-1-4-8-17/h1-14,20H,15-16H2,(H,23,25)/t20-/m1/s1. The van der Waals surface area contributed by atoms with E-state index in [0.29, 0.717) is 11.2 Å². The number of aromatic nitrogens is 1. The summed E-state index contributed by atoms with van der Waals surface area (Å²) < 4.78 is 5.62. The first kappa shape index (κ1) is 19.1. The van der Waals surface area contributed by atoms with Crippen LogP contribution >= 0.6 is 0 Å². The predicted octanol–water partition coefficient (Wildman–Crippen LogP) is 2.58. The lowest BCUT2D eigenvalue weighted by Gasteiger charge is -2.19. The van der Waals surface area contributed by atoms with Crippen LogP contribution in [0, 0.1) is 5.21 Å². The molecule has 3 aromatic rings. The topological polar surface area (TPSA) is 82.3 Å². The molecule has 1 heterocycles. The number of esters is 1. The van der Waals surface area contributed by atoms with E-state index >= 15 is 0 Å². The summed E-state index contributed by atoms with van der Waals surface area (Å²) in [4.78, 5) is 24.4. The van der Waals surface area contributed by atoms with Gasteiger partial charge in [0.25, 0.3) is 5.91 Å². The van der Waals surface area contributed by atoms with E-state index in [2.05, 4.69) is 5.32 Å². The van der Waals surface area contributed by atoms with Crippen LogP contribution in [0.3, 0.4) is 0 Å². The maximum atomic E-state index is 12.4. The normalized spacial score (nSPS) is 11.4. The largest absolute Gasteiger partial charge is 0.619 e. The van der Waals surface area contributed by atoms with Crippen molar-refractivity contribution >= 4 is 11.9 Å². The highest BCUT2D eigenvalue weighted by molar-refractivity contribution is 5.91. The molecular weight excluding hydrogens is 356 g/mol. The molecule has 0 aliphatic carbocycles. The van der Waals surface area contributed by atoms with Crippen LogP contribution < -0.4 is 10.0 Å². The summed E-state index contributed by atoms with van der Waals surface area (Å²) in [6.45, 7) is -0.400. The zero-order valence-electron chi connectivity index (χ0n) is 15.2. The average molecular weight is 376 g/mol. The van der Waals surface area contributed by atoms with Crippen LogP contribution in [-0.2, 0) is 16.0 Å². The highest BCUT2D eigenvalue weighted by atomic mass is 16.5. The van der Waals surface area contributed by atoms with Gasteiger partial charge in [-0.05, 0) is 17.5 Å². The Labute approximate surface area is 163 Å². The monoisotopic (exact) mass is 376 g/mol. The summed E-state index contributed by atoms with van der Waals surface area (Å²) in [5.41, 5.74) is 2.27. The van der Waals surface area contributed by atoms with Gasteiger partial charge < -0.3 is 15.3 Å². The predicted molar refractivity (Wildman–Crippen MR) is 103 cm³/mol. The Balaban J connectivity index is 1.62. The highest BCUT2D eigenvalue weighted by Gasteiger charge is 2.17. The summed E-state index contributed by atoms with van der Waals surface area (Å²) in [6, 6.07) is 21.9. The van der Waals surface area contributed by atoms with Gasteiger partial charge in [-0.1, -0.05) is 60.7 Å². The Morgan fingerprint density at radius 2 is 1.54 bits per heavy atom. The number of pyridine rings is 1. The Hall–Kier alpha value is -3.67. The summed E-state index contributed by atoms with van der Waals surface area (Å²) in [5, 5.41) is 13.9. The molecule has 0 saturated carbocycles. The first-order chi connectivity index (χ1) is 13.6. The van der Waals surface area contributed by atoms with Crippen molar-refractivity contribution < 1.29 is 19.1 Å². The van der Waals surface area contributed by atoms with E-state index in [-0.39, 0.29) is 11.6 Å². The van der Waals surface area contributed by atoms with Gasteiger partial charge in [0.1, 0.15) is 0 Å². The molecule has 0 aliphatic rings. The number of hydrogen-bond acceptors (Lipinski definition) is 4. The molecule has 0 aliphatic heterocycles. The van der Waals surface area contributed by atoms with Crippen LogP contribution in [0.2, 0.25) is 0 Å². The van der Waals surface area contributed by atoms with E-state index in [9.17, 15) is 14.8 Å². The summed E-state index contributed by atoms with van der Waals surface area (Å²) in [5.74, 6) is -1.05. The molecule has 28 heavy (non-hydrogen) atoms. The van der Waals surface area contributed by atoms with E-state index in [4.69, 9.17) is 4.74 Å². The minimum Gasteiger partial charge on any atom is -0.619 e. The summed E-state index contributed by atoms with van der Waals surface area (Å²) in [7, 11) is 0. The second-order valence-electron chi connectivity index (χ2n) is 6.24. The molecule has 6 heteroatoms. The van der Waals surface area contributed by atoms with Crippen LogP contribution in [0.25, 0.3) is 0 Å². The maximum absolute atomic E-state index is 12.4. The number of nitrogens with one attached hydrogen (secondary N) is 1. The Kier molecular flexibility index (Phi) is 6.36. The quantitative estimate of drug-likeness (QED) is 0.390. The van der Waals surface area contributed by atoms with Gasteiger partial charge in [-0.15, -0.1) is 0 Å². The maximum Gasteiger partial charge on any atom is 0.339 e. The number of nitrogens with zero attached hydrogens (tertiary/aromatic N) is 1. The van der Waals surface area contributed by atoms with Crippen molar-refractivity contribution in [3.8, 4) is 0 Å². The molecule has 0 unspecified atom stereocenters. The molecular formula is C22H20N2O4. The molecule has 0 radical (unpaired) electrons. The second kappa shape index (κ2) is 9.32. The van der Waals surface area contributed by atoms with Gasteiger partial charge in [-0.2, -0.15) is 4.73 Å². The molecule has 1 aromatic heterocycles. The van der Waals surface area contributed by atoms with Gasteiger partial charge in [-0.25, -0.2) is 4.79 Å². The number of benzene rings is 2. The molecule has 1 amide bonds. The molecule has 2 aromatic carbocycles. The molecule has 0 bridgehead atoms. The third-order valence-electron chi connectivity index (χ3n) is 4.19. The second-order valence-corrected chi connectivity index (χ2v) is 6.24. The minimum absolute atomic E-state index is 0.212. The van der Waals surface area contributed by atoms with Gasteiger partial charge in [0, 0.05) is 12.1 Å². The van der Waals surface area contributed by atoms with E-state index in [1.165, 1.54) is 24.5 Å². The van der Waals surface area contributed by atoms with Gasteiger partial charge in [0.2, 0.25) is 0 Å².